The number of aromatic carboxylic acids is 1. The molecule has 1 unspecified atom stereocenters. The third-order valence-corrected chi connectivity index (χ3v) is 3.53. The highest BCUT2D eigenvalue weighted by molar-refractivity contribution is 5.87. The summed E-state index contributed by atoms with van der Waals surface area (Å²) in [4.78, 5) is 10.8. The van der Waals surface area contributed by atoms with Gasteiger partial charge in [0.05, 0.1) is 5.56 Å². The monoisotopic (exact) mass is 283 g/mol. The van der Waals surface area contributed by atoms with Gasteiger partial charge in [0, 0.05) is 12.6 Å². The van der Waals surface area contributed by atoms with Crippen LogP contribution in [0.1, 0.15) is 47.3 Å². The molecule has 0 spiro atoms. The first-order valence-electron chi connectivity index (χ1n) is 7.31. The van der Waals surface area contributed by atoms with Crippen LogP contribution in [0, 0.1) is 0 Å². The zero-order chi connectivity index (χ0) is 15.1. The Morgan fingerprint density at radius 1 is 1.10 bits per heavy atom. The molecule has 2 rings (SSSR count). The molecule has 110 valence electrons. The maximum Gasteiger partial charge on any atom is 0.335 e. The molecule has 3 heteroatoms. The van der Waals surface area contributed by atoms with E-state index in [4.69, 9.17) is 5.11 Å². The third kappa shape index (κ3) is 4.43. The van der Waals surface area contributed by atoms with Crippen LogP contribution in [0.4, 0.5) is 0 Å². The van der Waals surface area contributed by atoms with Crippen molar-refractivity contribution in [2.75, 3.05) is 0 Å². The maximum atomic E-state index is 10.8. The van der Waals surface area contributed by atoms with E-state index in [0.29, 0.717) is 11.6 Å². The lowest BCUT2D eigenvalue weighted by Crippen LogP contribution is -2.20. The summed E-state index contributed by atoms with van der Waals surface area (Å²) in [6, 6.07) is 17.8. The molecule has 0 fully saturated rings. The Balaban J connectivity index is 2.00. The van der Waals surface area contributed by atoms with Gasteiger partial charge in [-0.15, -0.1) is 0 Å². The summed E-state index contributed by atoms with van der Waals surface area (Å²) >= 11 is 0. The zero-order valence-electron chi connectivity index (χ0n) is 12.3. The fourth-order valence-corrected chi connectivity index (χ4v) is 2.37. The molecule has 0 saturated carbocycles. The molecule has 0 aliphatic carbocycles. The summed E-state index contributed by atoms with van der Waals surface area (Å²) in [5, 5.41) is 12.5. The van der Waals surface area contributed by atoms with E-state index >= 15 is 0 Å². The molecule has 0 aromatic heterocycles. The van der Waals surface area contributed by atoms with Crippen molar-refractivity contribution >= 4 is 5.97 Å². The molecule has 1 atom stereocenters. The van der Waals surface area contributed by atoms with E-state index in [1.165, 1.54) is 5.56 Å². The lowest BCUT2D eigenvalue weighted by atomic mass is 10.0. The number of hydrogen-bond donors (Lipinski definition) is 2. The van der Waals surface area contributed by atoms with Crippen molar-refractivity contribution in [1.29, 1.82) is 0 Å². The van der Waals surface area contributed by atoms with E-state index in [9.17, 15) is 4.79 Å². The van der Waals surface area contributed by atoms with Gasteiger partial charge in [-0.25, -0.2) is 4.79 Å². The average molecular weight is 283 g/mol. The third-order valence-electron chi connectivity index (χ3n) is 3.53. The average Bonchev–Trinajstić information content (AvgIpc) is 2.52. The van der Waals surface area contributed by atoms with Crippen molar-refractivity contribution in [3.8, 4) is 0 Å². The molecule has 0 saturated heterocycles. The molecule has 3 nitrogen and oxygen atoms in total. The second-order valence-electron chi connectivity index (χ2n) is 5.13. The van der Waals surface area contributed by atoms with Gasteiger partial charge in [0.2, 0.25) is 0 Å². The van der Waals surface area contributed by atoms with Gasteiger partial charge >= 0.3 is 5.97 Å². The smallest absolute Gasteiger partial charge is 0.335 e. The Kier molecular flexibility index (Phi) is 5.52. The predicted molar refractivity (Wildman–Crippen MR) is 84.3 cm³/mol. The van der Waals surface area contributed by atoms with Gasteiger partial charge in [-0.05, 0) is 29.7 Å². The molecule has 0 aliphatic heterocycles. The van der Waals surface area contributed by atoms with Crippen molar-refractivity contribution in [3.05, 3.63) is 71.3 Å². The summed E-state index contributed by atoms with van der Waals surface area (Å²) in [6.07, 6.45) is 2.20. The lowest BCUT2D eigenvalue weighted by Gasteiger charge is -2.18. The number of nitrogens with one attached hydrogen (secondary N) is 1. The van der Waals surface area contributed by atoms with Crippen LogP contribution in [0.15, 0.2) is 54.6 Å². The largest absolute Gasteiger partial charge is 0.478 e. The standard InChI is InChI=1S/C18H21NO2/c1-2-6-17(15-7-4-3-5-8-15)19-13-14-9-11-16(12-10-14)18(20)21/h3-5,7-12,17,19H,2,6,13H2,1H3,(H,20,21). The van der Waals surface area contributed by atoms with Gasteiger partial charge in [-0.2, -0.15) is 0 Å². The van der Waals surface area contributed by atoms with Gasteiger partial charge in [0.15, 0.2) is 0 Å². The fourth-order valence-electron chi connectivity index (χ4n) is 2.37. The van der Waals surface area contributed by atoms with E-state index < -0.39 is 5.97 Å². The Morgan fingerprint density at radius 3 is 2.33 bits per heavy atom. The van der Waals surface area contributed by atoms with Crippen molar-refractivity contribution in [2.24, 2.45) is 0 Å². The number of carboxylic acids is 1. The van der Waals surface area contributed by atoms with Crippen LogP contribution >= 0.6 is 0 Å². The predicted octanol–water partition coefficient (Wildman–Crippen LogP) is 4.02. The second-order valence-corrected chi connectivity index (χ2v) is 5.13. The molecule has 0 heterocycles. The van der Waals surface area contributed by atoms with Crippen molar-refractivity contribution in [1.82, 2.24) is 5.32 Å². The van der Waals surface area contributed by atoms with E-state index in [1.54, 1.807) is 12.1 Å². The van der Waals surface area contributed by atoms with Crippen LogP contribution in [0.3, 0.4) is 0 Å². The highest BCUT2D eigenvalue weighted by Gasteiger charge is 2.09. The summed E-state index contributed by atoms with van der Waals surface area (Å²) in [7, 11) is 0. The van der Waals surface area contributed by atoms with Gasteiger partial charge < -0.3 is 10.4 Å². The van der Waals surface area contributed by atoms with Crippen molar-refractivity contribution < 1.29 is 9.90 Å². The minimum atomic E-state index is -0.886. The molecule has 0 bridgehead atoms. The number of carboxylic acid groups (broad SMARTS) is 1. The molecule has 2 aromatic rings. The minimum absolute atomic E-state index is 0.326. The molecular formula is C18H21NO2. The molecule has 0 aliphatic rings. The van der Waals surface area contributed by atoms with Gasteiger partial charge in [0.1, 0.15) is 0 Å². The molecule has 0 radical (unpaired) electrons. The van der Waals surface area contributed by atoms with E-state index in [0.717, 1.165) is 24.9 Å². The fraction of sp³-hybridized carbons (Fsp3) is 0.278. The first kappa shape index (κ1) is 15.3. The van der Waals surface area contributed by atoms with E-state index in [1.807, 2.05) is 18.2 Å². The Morgan fingerprint density at radius 2 is 1.76 bits per heavy atom. The lowest BCUT2D eigenvalue weighted by molar-refractivity contribution is 0.0697. The number of benzene rings is 2. The van der Waals surface area contributed by atoms with Gasteiger partial charge in [-0.1, -0.05) is 55.8 Å². The molecular weight excluding hydrogens is 262 g/mol. The summed E-state index contributed by atoms with van der Waals surface area (Å²) in [5.74, 6) is -0.886. The Labute approximate surface area is 125 Å². The highest BCUT2D eigenvalue weighted by atomic mass is 16.4. The molecule has 2 N–H and O–H groups in total. The first-order valence-corrected chi connectivity index (χ1v) is 7.31. The topological polar surface area (TPSA) is 49.3 Å². The molecule has 2 aromatic carbocycles. The minimum Gasteiger partial charge on any atom is -0.478 e. The van der Waals surface area contributed by atoms with Crippen LogP contribution in [0.25, 0.3) is 0 Å². The summed E-state index contributed by atoms with van der Waals surface area (Å²) in [5.41, 5.74) is 2.71. The highest BCUT2D eigenvalue weighted by Crippen LogP contribution is 2.18. The van der Waals surface area contributed by atoms with Crippen LogP contribution in [0.2, 0.25) is 0 Å². The summed E-state index contributed by atoms with van der Waals surface area (Å²) in [6.45, 7) is 2.92. The number of carbonyl (C=O) groups is 1. The van der Waals surface area contributed by atoms with E-state index in [2.05, 4.69) is 36.5 Å². The Hall–Kier alpha value is -2.13. The first-order chi connectivity index (χ1) is 10.2. The van der Waals surface area contributed by atoms with Crippen LogP contribution in [0.5, 0.6) is 0 Å². The number of rotatable bonds is 7. The van der Waals surface area contributed by atoms with Gasteiger partial charge in [-0.3, -0.25) is 0 Å². The molecule has 21 heavy (non-hydrogen) atoms. The Bertz CT molecular complexity index is 564. The zero-order valence-corrected chi connectivity index (χ0v) is 12.3. The van der Waals surface area contributed by atoms with E-state index in [-0.39, 0.29) is 0 Å². The van der Waals surface area contributed by atoms with Crippen molar-refractivity contribution in [3.63, 3.8) is 0 Å². The van der Waals surface area contributed by atoms with Crippen LogP contribution in [-0.4, -0.2) is 11.1 Å². The van der Waals surface area contributed by atoms with Crippen LogP contribution < -0.4 is 5.32 Å². The van der Waals surface area contributed by atoms with Crippen LogP contribution in [-0.2, 0) is 6.54 Å². The quantitative estimate of drug-likeness (QED) is 0.807. The SMILES string of the molecule is CCCC(NCc1ccc(C(=O)O)cc1)c1ccccc1. The van der Waals surface area contributed by atoms with Crippen molar-refractivity contribution in [2.45, 2.75) is 32.4 Å². The normalized spacial score (nSPS) is 12.0. The second kappa shape index (κ2) is 7.60. The maximum absolute atomic E-state index is 10.8. The summed E-state index contributed by atoms with van der Waals surface area (Å²) < 4.78 is 0. The molecule has 0 amide bonds. The number of hydrogen-bond acceptors (Lipinski definition) is 2. The van der Waals surface area contributed by atoms with Gasteiger partial charge in [0.25, 0.3) is 0 Å².